The zero-order valence-corrected chi connectivity index (χ0v) is 26.1. The number of unbranched alkanes of at least 4 members (excludes halogenated alkanes) is 2. The molecular formula is C31H42N8O8. The van der Waals surface area contributed by atoms with E-state index in [9.17, 15) is 34.2 Å². The number of phenols is 2. The number of rotatable bonds is 21. The average Bonchev–Trinajstić information content (AvgIpc) is 3.04. The number of phenolic OH excluding ortho intramolecular Hbond substituents is 2. The molecule has 0 heterocycles. The van der Waals surface area contributed by atoms with Gasteiger partial charge in [-0.05, 0) is 42.8 Å². The predicted molar refractivity (Wildman–Crippen MR) is 171 cm³/mol. The van der Waals surface area contributed by atoms with E-state index in [1.54, 1.807) is 0 Å². The van der Waals surface area contributed by atoms with E-state index < -0.39 is 36.3 Å². The molecular weight excluding hydrogens is 612 g/mol. The Labute approximate surface area is 272 Å². The van der Waals surface area contributed by atoms with Crippen LogP contribution in [0.25, 0.3) is 10.4 Å². The van der Waals surface area contributed by atoms with Gasteiger partial charge in [0, 0.05) is 55.7 Å². The van der Waals surface area contributed by atoms with Crippen LogP contribution in [0, 0.1) is 0 Å². The van der Waals surface area contributed by atoms with Crippen molar-refractivity contribution >= 4 is 29.7 Å². The third-order valence-corrected chi connectivity index (χ3v) is 6.77. The molecule has 5 amide bonds. The van der Waals surface area contributed by atoms with Crippen LogP contribution in [0.2, 0.25) is 0 Å². The van der Waals surface area contributed by atoms with E-state index in [1.807, 2.05) is 30.3 Å². The number of amides is 5. The van der Waals surface area contributed by atoms with Gasteiger partial charge in [-0.3, -0.25) is 19.2 Å². The van der Waals surface area contributed by atoms with Crippen LogP contribution in [-0.2, 0) is 36.9 Å². The summed E-state index contributed by atoms with van der Waals surface area (Å²) < 4.78 is 5.38. The van der Waals surface area contributed by atoms with Gasteiger partial charge in [-0.15, -0.1) is 0 Å². The van der Waals surface area contributed by atoms with Crippen molar-refractivity contribution in [3.8, 4) is 11.5 Å². The lowest BCUT2D eigenvalue weighted by Crippen LogP contribution is -2.49. The van der Waals surface area contributed by atoms with E-state index in [1.165, 1.54) is 17.0 Å². The van der Waals surface area contributed by atoms with E-state index >= 15 is 0 Å². The maximum absolute atomic E-state index is 12.6. The highest BCUT2D eigenvalue weighted by molar-refractivity contribution is 5.92. The number of carbonyl (C=O) groups excluding carboxylic acids is 5. The molecule has 0 saturated carbocycles. The number of nitrogens with two attached hydrogens (primary N) is 1. The molecule has 2 rings (SSSR count). The fourth-order valence-corrected chi connectivity index (χ4v) is 4.33. The minimum Gasteiger partial charge on any atom is -0.508 e. The molecule has 47 heavy (non-hydrogen) atoms. The summed E-state index contributed by atoms with van der Waals surface area (Å²) >= 11 is 0. The van der Waals surface area contributed by atoms with Crippen molar-refractivity contribution in [3.63, 3.8) is 0 Å². The van der Waals surface area contributed by atoms with Crippen molar-refractivity contribution in [3.05, 3.63) is 70.1 Å². The Hall–Kier alpha value is -5.50. The molecule has 0 aliphatic carbocycles. The molecule has 2 aromatic rings. The van der Waals surface area contributed by atoms with Crippen LogP contribution in [0.1, 0.15) is 49.7 Å². The van der Waals surface area contributed by atoms with Crippen LogP contribution in [0.4, 0.5) is 4.79 Å². The Morgan fingerprint density at radius 3 is 2.34 bits per heavy atom. The summed E-state index contributed by atoms with van der Waals surface area (Å²) in [5, 5.41) is 30.6. The van der Waals surface area contributed by atoms with E-state index in [4.69, 9.17) is 16.0 Å². The maximum atomic E-state index is 12.6. The molecule has 0 aromatic heterocycles. The number of aromatic hydroxyl groups is 2. The number of nitrogens with zero attached hydrogens (tertiary/aromatic N) is 4. The molecule has 0 aliphatic rings. The van der Waals surface area contributed by atoms with Crippen molar-refractivity contribution in [2.75, 3.05) is 32.7 Å². The van der Waals surface area contributed by atoms with E-state index in [-0.39, 0.29) is 68.6 Å². The summed E-state index contributed by atoms with van der Waals surface area (Å²) in [5.74, 6) is -2.70. The van der Waals surface area contributed by atoms with Gasteiger partial charge in [-0.25, -0.2) is 4.79 Å². The van der Waals surface area contributed by atoms with Crippen molar-refractivity contribution in [2.24, 2.45) is 10.8 Å². The third kappa shape index (κ3) is 15.9. The van der Waals surface area contributed by atoms with Crippen LogP contribution in [-0.4, -0.2) is 83.6 Å². The summed E-state index contributed by atoms with van der Waals surface area (Å²) in [6.45, 7) is 1.32. The summed E-state index contributed by atoms with van der Waals surface area (Å²) in [4.78, 5) is 65.6. The van der Waals surface area contributed by atoms with Crippen LogP contribution >= 0.6 is 0 Å². The largest absolute Gasteiger partial charge is 0.508 e. The van der Waals surface area contributed by atoms with E-state index in [0.29, 0.717) is 32.2 Å². The van der Waals surface area contributed by atoms with Crippen LogP contribution in [0.3, 0.4) is 0 Å². The maximum Gasteiger partial charge on any atom is 0.410 e. The number of benzene rings is 2. The van der Waals surface area contributed by atoms with Crippen LogP contribution in [0.5, 0.6) is 11.5 Å². The van der Waals surface area contributed by atoms with Gasteiger partial charge in [0.05, 0.1) is 12.8 Å². The minimum atomic E-state index is -1.20. The van der Waals surface area contributed by atoms with E-state index in [0.717, 1.165) is 11.6 Å². The highest BCUT2D eigenvalue weighted by Gasteiger charge is 2.23. The Morgan fingerprint density at radius 1 is 0.936 bits per heavy atom. The number of hydrogen-bond donors (Lipinski definition) is 6. The molecule has 0 fully saturated rings. The Bertz CT molecular complexity index is 1380. The Kier molecular flexibility index (Phi) is 17.1. The normalized spacial score (nSPS) is 11.0. The molecule has 2 aromatic carbocycles. The lowest BCUT2D eigenvalue weighted by Gasteiger charge is -2.21. The van der Waals surface area contributed by atoms with Crippen molar-refractivity contribution in [2.45, 2.75) is 57.6 Å². The first-order valence-corrected chi connectivity index (χ1v) is 15.2. The lowest BCUT2D eigenvalue weighted by molar-refractivity contribution is -0.131. The molecule has 1 atom stereocenters. The first kappa shape index (κ1) is 37.7. The highest BCUT2D eigenvalue weighted by atomic mass is 16.6. The second-order valence-corrected chi connectivity index (χ2v) is 10.6. The zero-order valence-electron chi connectivity index (χ0n) is 26.1. The van der Waals surface area contributed by atoms with Crippen LogP contribution < -0.4 is 21.7 Å². The summed E-state index contributed by atoms with van der Waals surface area (Å²) in [6, 6.07) is 11.7. The molecule has 0 unspecified atom stereocenters. The molecule has 0 aliphatic heterocycles. The number of primary amides is 1. The van der Waals surface area contributed by atoms with Gasteiger partial charge in [0.15, 0.2) is 0 Å². The quantitative estimate of drug-likeness (QED) is 0.0502. The number of carbonyl (C=O) groups is 5. The van der Waals surface area contributed by atoms with Gasteiger partial charge in [-0.2, -0.15) is 0 Å². The molecule has 0 bridgehead atoms. The fourth-order valence-electron chi connectivity index (χ4n) is 4.33. The van der Waals surface area contributed by atoms with Crippen molar-refractivity contribution in [1.82, 2.24) is 20.9 Å². The number of hydrogen-bond acceptors (Lipinski definition) is 9. The highest BCUT2D eigenvalue weighted by Crippen LogP contribution is 2.22. The molecule has 16 heteroatoms. The van der Waals surface area contributed by atoms with Gasteiger partial charge in [-0.1, -0.05) is 41.5 Å². The zero-order chi connectivity index (χ0) is 34.4. The lowest BCUT2D eigenvalue weighted by atomic mass is 10.1. The van der Waals surface area contributed by atoms with Gasteiger partial charge >= 0.3 is 6.09 Å². The standard InChI is InChI=1S/C31H42N8O8/c32-27(42)20-25(37-29(44)18-23-10-11-24(40)19-26(23)41)30(45)35-14-6-2-5-13-34-28(43)12-17-39(16-7-15-36-38-33)31(46)47-21-22-8-3-1-4-9-22/h1,3-4,8-11,19,25,40-41H,2,5-7,12-18,20-21H2,(H2,32,42)(H,34,43)(H,35,45)(H,37,44)/t25-/m1/s1. The Balaban J connectivity index is 1.68. The molecule has 7 N–H and O–H groups in total. The van der Waals surface area contributed by atoms with Crippen molar-refractivity contribution in [1.29, 1.82) is 0 Å². The molecule has 16 nitrogen and oxygen atoms in total. The number of nitrogens with one attached hydrogen (secondary N) is 3. The van der Waals surface area contributed by atoms with Gasteiger partial charge < -0.3 is 41.5 Å². The number of azide groups is 1. The van der Waals surface area contributed by atoms with Crippen LogP contribution in [0.15, 0.2) is 53.6 Å². The van der Waals surface area contributed by atoms with Crippen molar-refractivity contribution < 1.29 is 38.9 Å². The first-order chi connectivity index (χ1) is 22.6. The minimum absolute atomic E-state index is 0.0529. The molecule has 0 radical (unpaired) electrons. The second kappa shape index (κ2) is 21.3. The molecule has 0 spiro atoms. The molecule has 254 valence electrons. The summed E-state index contributed by atoms with van der Waals surface area (Å²) in [7, 11) is 0. The van der Waals surface area contributed by atoms with E-state index in [2.05, 4.69) is 26.0 Å². The topological polar surface area (TPSA) is 249 Å². The average molecular weight is 655 g/mol. The van der Waals surface area contributed by atoms with Gasteiger partial charge in [0.2, 0.25) is 23.6 Å². The fraction of sp³-hybridized carbons (Fsp3) is 0.452. The predicted octanol–water partition coefficient (Wildman–Crippen LogP) is 2.13. The molecule has 0 saturated heterocycles. The Morgan fingerprint density at radius 2 is 1.66 bits per heavy atom. The summed E-state index contributed by atoms with van der Waals surface area (Å²) in [5.41, 5.74) is 14.8. The van der Waals surface area contributed by atoms with Gasteiger partial charge in [0.25, 0.3) is 0 Å². The third-order valence-electron chi connectivity index (χ3n) is 6.77. The van der Waals surface area contributed by atoms with Gasteiger partial charge in [0.1, 0.15) is 24.1 Å². The monoisotopic (exact) mass is 654 g/mol. The SMILES string of the molecule is [N-]=[N+]=NCCCN(CCC(=O)NCCCCCNC(=O)[C@@H](CC(N)=O)NC(=O)Cc1ccc(O)cc1O)C(=O)OCc1ccccc1. The first-order valence-electron chi connectivity index (χ1n) is 15.2. The summed E-state index contributed by atoms with van der Waals surface area (Å²) in [6.07, 6.45) is 1.04. The second-order valence-electron chi connectivity index (χ2n) is 10.6. The number of ether oxygens (including phenoxy) is 1. The smallest absolute Gasteiger partial charge is 0.410 e.